The molecular weight excluding hydrogens is 433 g/mol. The Morgan fingerprint density at radius 3 is 2.23 bits per heavy atom. The summed E-state index contributed by atoms with van der Waals surface area (Å²) in [6.45, 7) is 8.32. The molecule has 7 nitrogen and oxygen atoms in total. The first kappa shape index (κ1) is 24.8. The van der Waals surface area contributed by atoms with Gasteiger partial charge in [0.15, 0.2) is 0 Å². The highest BCUT2D eigenvalue weighted by molar-refractivity contribution is 5.85. The van der Waals surface area contributed by atoms with Gasteiger partial charge >= 0.3 is 6.18 Å². The van der Waals surface area contributed by atoms with E-state index in [0.29, 0.717) is 43.4 Å². The molecule has 2 aromatic rings. The third-order valence-electron chi connectivity index (χ3n) is 5.01. The zero-order valence-corrected chi connectivity index (χ0v) is 18.4. The van der Waals surface area contributed by atoms with Crippen molar-refractivity contribution in [3.8, 4) is 11.3 Å². The maximum Gasteiger partial charge on any atom is 0.416 e. The molecular formula is C20H26ClF3N6O. The fourth-order valence-corrected chi connectivity index (χ4v) is 3.28. The van der Waals surface area contributed by atoms with Crippen LogP contribution in [-0.2, 0) is 11.0 Å². The molecule has 2 heterocycles. The van der Waals surface area contributed by atoms with Gasteiger partial charge in [-0.1, -0.05) is 12.1 Å². The van der Waals surface area contributed by atoms with Crippen molar-refractivity contribution in [3.05, 3.63) is 36.0 Å². The number of anilines is 1. The number of piperazine rings is 1. The quantitative estimate of drug-likeness (QED) is 0.742. The largest absolute Gasteiger partial charge is 0.416 e. The second-order valence-corrected chi connectivity index (χ2v) is 7.58. The molecule has 1 amide bonds. The molecule has 0 bridgehead atoms. The van der Waals surface area contributed by atoms with Gasteiger partial charge in [-0.05, 0) is 32.9 Å². The van der Waals surface area contributed by atoms with Gasteiger partial charge in [0.05, 0.1) is 23.5 Å². The van der Waals surface area contributed by atoms with Crippen LogP contribution in [0.1, 0.15) is 26.3 Å². The molecule has 1 N–H and O–H groups in total. The Kier molecular flexibility index (Phi) is 8.19. The molecule has 0 spiro atoms. The summed E-state index contributed by atoms with van der Waals surface area (Å²) in [5.74, 6) is 0.423. The molecule has 1 saturated heterocycles. The molecule has 3 rings (SSSR count). The van der Waals surface area contributed by atoms with Gasteiger partial charge in [0.1, 0.15) is 0 Å². The summed E-state index contributed by atoms with van der Waals surface area (Å²) in [5.41, 5.74) is 0.290. The first-order valence-electron chi connectivity index (χ1n) is 9.82. The Bertz CT molecular complexity index is 870. The summed E-state index contributed by atoms with van der Waals surface area (Å²) in [5, 5.41) is 11.0. The maximum atomic E-state index is 12.8. The van der Waals surface area contributed by atoms with Gasteiger partial charge in [0.2, 0.25) is 11.9 Å². The van der Waals surface area contributed by atoms with Crippen LogP contribution in [0.5, 0.6) is 0 Å². The van der Waals surface area contributed by atoms with E-state index in [2.05, 4.69) is 25.4 Å². The number of carbonyl (C=O) groups excluding carboxylic acids is 1. The summed E-state index contributed by atoms with van der Waals surface area (Å²) >= 11 is 0. The number of amides is 1. The van der Waals surface area contributed by atoms with Crippen LogP contribution < -0.4 is 10.2 Å². The fraction of sp³-hybridized carbons (Fsp3) is 0.500. The number of hydrogen-bond acceptors (Lipinski definition) is 6. The van der Waals surface area contributed by atoms with Crippen LogP contribution >= 0.6 is 12.4 Å². The minimum atomic E-state index is -4.38. The number of benzene rings is 1. The third kappa shape index (κ3) is 6.27. The number of halogens is 4. The molecule has 1 aliphatic rings. The SMILES string of the molecule is CC(C)NC(=O)C(C)N1CCN(c2nncc(-c3ccc(C(F)(F)F)cc3)n2)CC1.Cl. The van der Waals surface area contributed by atoms with Crippen LogP contribution in [0.4, 0.5) is 19.1 Å². The molecule has 1 aromatic carbocycles. The molecule has 0 radical (unpaired) electrons. The molecule has 0 saturated carbocycles. The van der Waals surface area contributed by atoms with E-state index in [9.17, 15) is 18.0 Å². The van der Waals surface area contributed by atoms with Gasteiger partial charge in [0.25, 0.3) is 0 Å². The van der Waals surface area contributed by atoms with Crippen molar-refractivity contribution in [1.82, 2.24) is 25.4 Å². The third-order valence-corrected chi connectivity index (χ3v) is 5.01. The highest BCUT2D eigenvalue weighted by atomic mass is 35.5. The van der Waals surface area contributed by atoms with E-state index in [1.54, 1.807) is 0 Å². The van der Waals surface area contributed by atoms with Gasteiger partial charge in [0, 0.05) is 37.8 Å². The molecule has 170 valence electrons. The Hall–Kier alpha value is -2.46. The summed E-state index contributed by atoms with van der Waals surface area (Å²) in [7, 11) is 0. The topological polar surface area (TPSA) is 74.2 Å². The van der Waals surface area contributed by atoms with Crippen molar-refractivity contribution in [2.24, 2.45) is 0 Å². The standard InChI is InChI=1S/C20H25F3N6O.ClH/c1-13(2)25-18(30)14(3)28-8-10-29(11-9-28)19-26-17(12-24-27-19)15-4-6-16(7-5-15)20(21,22)23;/h4-7,12-14H,8-11H2,1-3H3,(H,25,30);1H. The number of hydrogen-bond donors (Lipinski definition) is 1. The van der Waals surface area contributed by atoms with Crippen LogP contribution in [0, 0.1) is 0 Å². The monoisotopic (exact) mass is 458 g/mol. The zero-order valence-electron chi connectivity index (χ0n) is 17.6. The van der Waals surface area contributed by atoms with Crippen molar-refractivity contribution < 1.29 is 18.0 Å². The van der Waals surface area contributed by atoms with Gasteiger partial charge in [-0.25, -0.2) is 4.98 Å². The number of nitrogens with one attached hydrogen (secondary N) is 1. The van der Waals surface area contributed by atoms with Crippen LogP contribution in [-0.4, -0.2) is 64.3 Å². The van der Waals surface area contributed by atoms with E-state index in [1.165, 1.54) is 18.3 Å². The van der Waals surface area contributed by atoms with Gasteiger partial charge in [-0.3, -0.25) is 9.69 Å². The van der Waals surface area contributed by atoms with Crippen molar-refractivity contribution in [1.29, 1.82) is 0 Å². The van der Waals surface area contributed by atoms with E-state index in [1.807, 2.05) is 25.7 Å². The van der Waals surface area contributed by atoms with Crippen molar-refractivity contribution in [2.75, 3.05) is 31.1 Å². The smallest absolute Gasteiger partial charge is 0.353 e. The summed E-state index contributed by atoms with van der Waals surface area (Å²) in [6.07, 6.45) is -2.95. The highest BCUT2D eigenvalue weighted by Crippen LogP contribution is 2.30. The molecule has 1 unspecified atom stereocenters. The zero-order chi connectivity index (χ0) is 21.9. The Labute approximate surface area is 185 Å². The van der Waals surface area contributed by atoms with Crippen LogP contribution in [0.2, 0.25) is 0 Å². The summed E-state index contributed by atoms with van der Waals surface area (Å²) in [6, 6.07) is 4.67. The van der Waals surface area contributed by atoms with Crippen LogP contribution in [0.3, 0.4) is 0 Å². The van der Waals surface area contributed by atoms with Crippen molar-refractivity contribution >= 4 is 24.3 Å². The lowest BCUT2D eigenvalue weighted by Crippen LogP contribution is -2.54. The first-order valence-corrected chi connectivity index (χ1v) is 9.82. The molecule has 1 atom stereocenters. The predicted molar refractivity (Wildman–Crippen MR) is 114 cm³/mol. The average Bonchev–Trinajstić information content (AvgIpc) is 2.72. The van der Waals surface area contributed by atoms with Crippen molar-refractivity contribution in [3.63, 3.8) is 0 Å². The van der Waals surface area contributed by atoms with Crippen molar-refractivity contribution in [2.45, 2.75) is 39.0 Å². The number of alkyl halides is 3. The number of rotatable bonds is 5. The molecule has 1 aliphatic heterocycles. The number of aromatic nitrogens is 3. The summed E-state index contributed by atoms with van der Waals surface area (Å²) in [4.78, 5) is 20.8. The lowest BCUT2D eigenvalue weighted by Gasteiger charge is -2.37. The van der Waals surface area contributed by atoms with Gasteiger partial charge in [-0.15, -0.1) is 17.5 Å². The number of nitrogens with zero attached hydrogens (tertiary/aromatic N) is 5. The molecule has 1 fully saturated rings. The van der Waals surface area contributed by atoms with E-state index in [0.717, 1.165) is 12.1 Å². The Morgan fingerprint density at radius 1 is 1.06 bits per heavy atom. The Morgan fingerprint density at radius 2 is 1.68 bits per heavy atom. The van der Waals surface area contributed by atoms with Crippen LogP contribution in [0.25, 0.3) is 11.3 Å². The van der Waals surface area contributed by atoms with Gasteiger partial charge < -0.3 is 10.2 Å². The minimum Gasteiger partial charge on any atom is -0.353 e. The molecule has 0 aliphatic carbocycles. The predicted octanol–water partition coefficient (Wildman–Crippen LogP) is 3.01. The second-order valence-electron chi connectivity index (χ2n) is 7.58. The molecule has 31 heavy (non-hydrogen) atoms. The highest BCUT2D eigenvalue weighted by Gasteiger charge is 2.30. The van der Waals surface area contributed by atoms with Crippen LogP contribution in [0.15, 0.2) is 30.5 Å². The molecule has 1 aromatic heterocycles. The van der Waals surface area contributed by atoms with E-state index in [-0.39, 0.29) is 30.4 Å². The fourth-order valence-electron chi connectivity index (χ4n) is 3.28. The minimum absolute atomic E-state index is 0. The lowest BCUT2D eigenvalue weighted by atomic mass is 10.1. The van der Waals surface area contributed by atoms with E-state index < -0.39 is 11.7 Å². The molecule has 11 heteroatoms. The van der Waals surface area contributed by atoms with E-state index >= 15 is 0 Å². The maximum absolute atomic E-state index is 12.8. The van der Waals surface area contributed by atoms with E-state index in [4.69, 9.17) is 0 Å². The number of carbonyl (C=O) groups is 1. The average molecular weight is 459 g/mol. The van der Waals surface area contributed by atoms with Gasteiger partial charge in [-0.2, -0.15) is 18.3 Å². The summed E-state index contributed by atoms with van der Waals surface area (Å²) < 4.78 is 38.3. The Balaban J connectivity index is 0.00000341. The normalized spacial score (nSPS) is 16.0. The lowest BCUT2D eigenvalue weighted by molar-refractivity contribution is -0.137. The first-order chi connectivity index (χ1) is 14.1. The second kappa shape index (κ2) is 10.2.